The fourth-order valence-electron chi connectivity index (χ4n) is 6.84. The van der Waals surface area contributed by atoms with Gasteiger partial charge >= 0.3 is 0 Å². The monoisotopic (exact) mass is 536 g/mol. The van der Waals surface area contributed by atoms with Gasteiger partial charge in [-0.25, -0.2) is 14.4 Å². The van der Waals surface area contributed by atoms with Crippen molar-refractivity contribution in [1.82, 2.24) is 19.8 Å². The number of benzene rings is 1. The number of piperidine rings is 1. The smallest absolute Gasteiger partial charge is 0.256 e. The van der Waals surface area contributed by atoms with Gasteiger partial charge in [0.15, 0.2) is 5.82 Å². The minimum absolute atomic E-state index is 0.0279. The number of carbonyl (C=O) groups is 1. The molecular formula is C31H45FN6O. The van der Waals surface area contributed by atoms with Gasteiger partial charge in [0.1, 0.15) is 17.8 Å². The molecule has 1 amide bonds. The van der Waals surface area contributed by atoms with E-state index in [2.05, 4.69) is 19.7 Å². The van der Waals surface area contributed by atoms with Crippen LogP contribution in [-0.2, 0) is 0 Å². The highest BCUT2D eigenvalue weighted by Gasteiger charge is 2.32. The predicted molar refractivity (Wildman–Crippen MR) is 155 cm³/mol. The van der Waals surface area contributed by atoms with Crippen LogP contribution in [0, 0.1) is 17.7 Å². The Morgan fingerprint density at radius 3 is 2.46 bits per heavy atom. The molecule has 1 saturated carbocycles. The van der Waals surface area contributed by atoms with Crippen LogP contribution in [0.2, 0.25) is 0 Å². The van der Waals surface area contributed by atoms with Crippen molar-refractivity contribution in [2.75, 3.05) is 55.6 Å². The van der Waals surface area contributed by atoms with Crippen molar-refractivity contribution in [2.45, 2.75) is 71.8 Å². The van der Waals surface area contributed by atoms with E-state index in [4.69, 9.17) is 4.98 Å². The van der Waals surface area contributed by atoms with Crippen LogP contribution < -0.4 is 9.80 Å². The van der Waals surface area contributed by atoms with E-state index in [9.17, 15) is 9.18 Å². The third kappa shape index (κ3) is 6.37. The molecule has 39 heavy (non-hydrogen) atoms. The summed E-state index contributed by atoms with van der Waals surface area (Å²) in [6, 6.07) is 4.57. The fourth-order valence-corrected chi connectivity index (χ4v) is 6.84. The highest BCUT2D eigenvalue weighted by molar-refractivity contribution is 6.01. The van der Waals surface area contributed by atoms with Crippen LogP contribution in [0.3, 0.4) is 0 Å². The molecule has 2 aliphatic heterocycles. The molecular weight excluding hydrogens is 491 g/mol. The molecule has 0 atom stereocenters. The van der Waals surface area contributed by atoms with Crippen molar-refractivity contribution in [3.8, 4) is 0 Å². The van der Waals surface area contributed by atoms with Gasteiger partial charge in [0.05, 0.1) is 17.4 Å². The van der Waals surface area contributed by atoms with Gasteiger partial charge < -0.3 is 19.6 Å². The predicted octanol–water partition coefficient (Wildman–Crippen LogP) is 5.74. The first kappa shape index (κ1) is 27.8. The van der Waals surface area contributed by atoms with Crippen LogP contribution in [0.15, 0.2) is 30.7 Å². The lowest BCUT2D eigenvalue weighted by Crippen LogP contribution is -2.45. The SMILES string of the molecule is CCN(C(=O)c1cc(F)ccc1N1CCN(CC2CCN(CC3CCCCC3)CC2)c2ncncc21)C(C)C. The first-order valence-corrected chi connectivity index (χ1v) is 15.1. The van der Waals surface area contributed by atoms with Crippen molar-refractivity contribution in [3.63, 3.8) is 0 Å². The van der Waals surface area contributed by atoms with E-state index in [1.807, 2.05) is 27.0 Å². The molecule has 3 aliphatic rings. The summed E-state index contributed by atoms with van der Waals surface area (Å²) in [7, 11) is 0. The zero-order chi connectivity index (χ0) is 27.4. The lowest BCUT2D eigenvalue weighted by molar-refractivity contribution is 0.0717. The number of carbonyl (C=O) groups excluding carboxylic acids is 1. The minimum Gasteiger partial charge on any atom is -0.353 e. The molecule has 2 fully saturated rings. The highest BCUT2D eigenvalue weighted by Crippen LogP contribution is 2.38. The normalized spacial score (nSPS) is 19.4. The van der Waals surface area contributed by atoms with E-state index >= 15 is 0 Å². The zero-order valence-corrected chi connectivity index (χ0v) is 24.0. The van der Waals surface area contributed by atoms with Gasteiger partial charge in [-0.3, -0.25) is 4.79 Å². The summed E-state index contributed by atoms with van der Waals surface area (Å²) in [6.07, 6.45) is 13.0. The van der Waals surface area contributed by atoms with Crippen molar-refractivity contribution >= 4 is 23.1 Å². The summed E-state index contributed by atoms with van der Waals surface area (Å²) in [6.45, 7) is 12.7. The number of hydrogen-bond donors (Lipinski definition) is 0. The summed E-state index contributed by atoms with van der Waals surface area (Å²) >= 11 is 0. The van der Waals surface area contributed by atoms with Gasteiger partial charge in [-0.1, -0.05) is 19.3 Å². The fraction of sp³-hybridized carbons (Fsp3) is 0.645. The molecule has 1 aliphatic carbocycles. The summed E-state index contributed by atoms with van der Waals surface area (Å²) in [5.41, 5.74) is 1.98. The number of aromatic nitrogens is 2. The van der Waals surface area contributed by atoms with Crippen LogP contribution in [0.4, 0.5) is 21.6 Å². The van der Waals surface area contributed by atoms with Crippen LogP contribution in [0.25, 0.3) is 0 Å². The van der Waals surface area contributed by atoms with Gasteiger partial charge in [-0.05, 0) is 89.6 Å². The Bertz CT molecular complexity index is 1110. The second-order valence-electron chi connectivity index (χ2n) is 11.9. The summed E-state index contributed by atoms with van der Waals surface area (Å²) in [5, 5.41) is 0. The summed E-state index contributed by atoms with van der Waals surface area (Å²) in [4.78, 5) is 31.5. The number of fused-ring (bicyclic) bond motifs is 1. The molecule has 1 aromatic carbocycles. The van der Waals surface area contributed by atoms with Gasteiger partial charge in [0.2, 0.25) is 0 Å². The third-order valence-corrected chi connectivity index (χ3v) is 8.99. The van der Waals surface area contributed by atoms with Crippen molar-refractivity contribution in [2.24, 2.45) is 11.8 Å². The van der Waals surface area contributed by atoms with Gasteiger partial charge in [0, 0.05) is 38.8 Å². The Morgan fingerprint density at radius 2 is 1.74 bits per heavy atom. The number of likely N-dealkylation sites (tertiary alicyclic amines) is 1. The maximum absolute atomic E-state index is 14.4. The molecule has 3 heterocycles. The van der Waals surface area contributed by atoms with E-state index in [-0.39, 0.29) is 11.9 Å². The van der Waals surface area contributed by atoms with Gasteiger partial charge in [-0.2, -0.15) is 0 Å². The lowest BCUT2D eigenvalue weighted by Gasteiger charge is -2.41. The quantitative estimate of drug-likeness (QED) is 0.429. The second-order valence-corrected chi connectivity index (χ2v) is 11.9. The largest absolute Gasteiger partial charge is 0.353 e. The first-order chi connectivity index (χ1) is 18.9. The Balaban J connectivity index is 1.29. The topological polar surface area (TPSA) is 55.8 Å². The molecule has 0 unspecified atom stereocenters. The molecule has 1 saturated heterocycles. The molecule has 2 aromatic rings. The van der Waals surface area contributed by atoms with E-state index in [0.717, 1.165) is 30.5 Å². The molecule has 0 spiro atoms. The number of hydrogen-bond acceptors (Lipinski definition) is 6. The van der Waals surface area contributed by atoms with Crippen molar-refractivity contribution in [3.05, 3.63) is 42.1 Å². The number of nitrogens with zero attached hydrogens (tertiary/aromatic N) is 6. The van der Waals surface area contributed by atoms with E-state index in [0.29, 0.717) is 30.3 Å². The van der Waals surface area contributed by atoms with Gasteiger partial charge in [-0.15, -0.1) is 0 Å². The number of halogens is 1. The molecule has 5 rings (SSSR count). The average Bonchev–Trinajstić information content (AvgIpc) is 2.95. The van der Waals surface area contributed by atoms with Crippen LogP contribution in [0.5, 0.6) is 0 Å². The maximum Gasteiger partial charge on any atom is 0.256 e. The molecule has 7 nitrogen and oxygen atoms in total. The van der Waals surface area contributed by atoms with Crippen LogP contribution >= 0.6 is 0 Å². The van der Waals surface area contributed by atoms with Crippen LogP contribution in [-0.4, -0.2) is 77.5 Å². The Hall–Kier alpha value is -2.74. The molecule has 8 heteroatoms. The molecule has 0 N–H and O–H groups in total. The average molecular weight is 537 g/mol. The number of amides is 1. The Labute approximate surface area is 233 Å². The standard InChI is InChI=1S/C31H45FN6O/c1-4-37(23(2)3)31(39)27-18-26(32)10-11-28(27)38-17-16-36(30-29(38)19-33-22-34-30)21-25-12-14-35(15-13-25)20-24-8-6-5-7-9-24/h10-11,18-19,22-25H,4-9,12-17,20-21H2,1-3H3. The number of rotatable bonds is 8. The second kappa shape index (κ2) is 12.6. The van der Waals surface area contributed by atoms with E-state index in [1.165, 1.54) is 76.7 Å². The molecule has 212 valence electrons. The van der Waals surface area contributed by atoms with Crippen molar-refractivity contribution < 1.29 is 9.18 Å². The van der Waals surface area contributed by atoms with E-state index < -0.39 is 5.82 Å². The Morgan fingerprint density at radius 1 is 1.00 bits per heavy atom. The summed E-state index contributed by atoms with van der Waals surface area (Å²) in [5.74, 6) is 1.90. The molecule has 0 bridgehead atoms. The van der Waals surface area contributed by atoms with Crippen molar-refractivity contribution in [1.29, 1.82) is 0 Å². The van der Waals surface area contributed by atoms with Gasteiger partial charge in [0.25, 0.3) is 5.91 Å². The minimum atomic E-state index is -0.403. The van der Waals surface area contributed by atoms with E-state index in [1.54, 1.807) is 17.3 Å². The molecule has 1 aromatic heterocycles. The maximum atomic E-state index is 14.4. The number of anilines is 3. The first-order valence-electron chi connectivity index (χ1n) is 15.1. The third-order valence-electron chi connectivity index (χ3n) is 8.99. The zero-order valence-electron chi connectivity index (χ0n) is 24.0. The summed E-state index contributed by atoms with van der Waals surface area (Å²) < 4.78 is 14.4. The lowest BCUT2D eigenvalue weighted by atomic mass is 9.88. The highest BCUT2D eigenvalue weighted by atomic mass is 19.1. The van der Waals surface area contributed by atoms with Crippen LogP contribution in [0.1, 0.15) is 76.1 Å². The molecule has 0 radical (unpaired) electrons. The Kier molecular flexibility index (Phi) is 9.00.